The second-order valence-electron chi connectivity index (χ2n) is 7.33. The van der Waals surface area contributed by atoms with Crippen LogP contribution >= 0.6 is 0 Å². The molecule has 3 rings (SSSR count). The molecule has 0 spiro atoms. The van der Waals surface area contributed by atoms with Crippen molar-refractivity contribution in [1.29, 1.82) is 0 Å². The summed E-state index contributed by atoms with van der Waals surface area (Å²) in [5, 5.41) is 5.02. The van der Waals surface area contributed by atoms with Gasteiger partial charge in [-0.05, 0) is 57.4 Å². The predicted molar refractivity (Wildman–Crippen MR) is 80.9 cm³/mol. The fourth-order valence-corrected chi connectivity index (χ4v) is 3.98. The Kier molecular flexibility index (Phi) is 3.89. The van der Waals surface area contributed by atoms with E-state index in [1.807, 2.05) is 0 Å². The van der Waals surface area contributed by atoms with Crippen LogP contribution in [-0.4, -0.2) is 16.4 Å². The first-order valence-electron chi connectivity index (χ1n) is 8.26. The first kappa shape index (κ1) is 14.1. The van der Waals surface area contributed by atoms with Crippen molar-refractivity contribution in [3.8, 4) is 0 Å². The molecule has 0 saturated heterocycles. The molecule has 2 aliphatic rings. The molecule has 112 valence electrons. The van der Waals surface area contributed by atoms with Crippen LogP contribution in [0.3, 0.4) is 0 Å². The number of aryl methyl sites for hydroxylation is 1. The SMILES string of the molecule is CC1COCc2c3c(nn2C(C)(C)C1)CCCCCC3. The molecule has 0 amide bonds. The van der Waals surface area contributed by atoms with Gasteiger partial charge in [-0.15, -0.1) is 0 Å². The van der Waals surface area contributed by atoms with Crippen molar-refractivity contribution in [3.63, 3.8) is 0 Å². The molecule has 1 atom stereocenters. The maximum atomic E-state index is 5.94. The van der Waals surface area contributed by atoms with Crippen LogP contribution in [0.15, 0.2) is 0 Å². The second-order valence-corrected chi connectivity index (χ2v) is 7.33. The fourth-order valence-electron chi connectivity index (χ4n) is 3.98. The largest absolute Gasteiger partial charge is 0.375 e. The van der Waals surface area contributed by atoms with Crippen LogP contribution in [0.2, 0.25) is 0 Å². The van der Waals surface area contributed by atoms with Crippen molar-refractivity contribution >= 4 is 0 Å². The second kappa shape index (κ2) is 5.51. The quantitative estimate of drug-likeness (QED) is 0.720. The molecule has 0 aromatic carbocycles. The summed E-state index contributed by atoms with van der Waals surface area (Å²) in [5.74, 6) is 0.602. The normalized spacial score (nSPS) is 26.6. The van der Waals surface area contributed by atoms with Crippen molar-refractivity contribution in [2.75, 3.05) is 6.61 Å². The smallest absolute Gasteiger partial charge is 0.0888 e. The van der Waals surface area contributed by atoms with Crippen LogP contribution in [0.4, 0.5) is 0 Å². The van der Waals surface area contributed by atoms with Crippen molar-refractivity contribution in [2.24, 2.45) is 5.92 Å². The first-order valence-corrected chi connectivity index (χ1v) is 8.26. The van der Waals surface area contributed by atoms with E-state index in [1.54, 1.807) is 0 Å². The third kappa shape index (κ3) is 2.65. The average molecular weight is 276 g/mol. The molecule has 3 heteroatoms. The van der Waals surface area contributed by atoms with E-state index in [2.05, 4.69) is 25.5 Å². The highest BCUT2D eigenvalue weighted by Gasteiger charge is 2.31. The summed E-state index contributed by atoms with van der Waals surface area (Å²) in [7, 11) is 0. The highest BCUT2D eigenvalue weighted by molar-refractivity contribution is 5.28. The highest BCUT2D eigenvalue weighted by atomic mass is 16.5. The summed E-state index contributed by atoms with van der Waals surface area (Å²) >= 11 is 0. The van der Waals surface area contributed by atoms with Crippen molar-refractivity contribution in [3.05, 3.63) is 17.0 Å². The van der Waals surface area contributed by atoms with Gasteiger partial charge in [0.2, 0.25) is 0 Å². The summed E-state index contributed by atoms with van der Waals surface area (Å²) in [4.78, 5) is 0. The van der Waals surface area contributed by atoms with Gasteiger partial charge < -0.3 is 4.74 Å². The lowest BCUT2D eigenvalue weighted by atomic mass is 9.91. The van der Waals surface area contributed by atoms with Gasteiger partial charge in [0, 0.05) is 6.61 Å². The Morgan fingerprint density at radius 1 is 1.15 bits per heavy atom. The van der Waals surface area contributed by atoms with Crippen molar-refractivity contribution in [2.45, 2.75) is 77.9 Å². The molecule has 0 N–H and O–H groups in total. The lowest BCUT2D eigenvalue weighted by Crippen LogP contribution is -2.34. The number of hydrogen-bond acceptors (Lipinski definition) is 2. The Bertz CT molecular complexity index is 476. The number of ether oxygens (including phenoxy) is 1. The highest BCUT2D eigenvalue weighted by Crippen LogP contribution is 2.33. The lowest BCUT2D eigenvalue weighted by molar-refractivity contribution is 0.0499. The van der Waals surface area contributed by atoms with Gasteiger partial charge in [-0.25, -0.2) is 0 Å². The van der Waals surface area contributed by atoms with Gasteiger partial charge in [0.15, 0.2) is 0 Å². The van der Waals surface area contributed by atoms with Crippen LogP contribution in [0.5, 0.6) is 0 Å². The van der Waals surface area contributed by atoms with Gasteiger partial charge in [-0.2, -0.15) is 5.10 Å². The summed E-state index contributed by atoms with van der Waals surface area (Å²) in [6, 6.07) is 0. The van der Waals surface area contributed by atoms with Crippen LogP contribution < -0.4 is 0 Å². The maximum absolute atomic E-state index is 5.94. The molecule has 0 fully saturated rings. The van der Waals surface area contributed by atoms with Gasteiger partial charge in [0.1, 0.15) is 0 Å². The molecule has 1 aromatic rings. The lowest BCUT2D eigenvalue weighted by Gasteiger charge is -2.33. The van der Waals surface area contributed by atoms with E-state index in [-0.39, 0.29) is 5.54 Å². The molecule has 0 radical (unpaired) electrons. The van der Waals surface area contributed by atoms with Crippen LogP contribution in [0.1, 0.15) is 69.8 Å². The van der Waals surface area contributed by atoms with E-state index in [4.69, 9.17) is 9.84 Å². The maximum Gasteiger partial charge on any atom is 0.0888 e. The molecule has 0 saturated carbocycles. The number of nitrogens with zero attached hydrogens (tertiary/aromatic N) is 2. The first-order chi connectivity index (χ1) is 9.58. The Morgan fingerprint density at radius 3 is 2.70 bits per heavy atom. The molecule has 3 nitrogen and oxygen atoms in total. The number of hydrogen-bond donors (Lipinski definition) is 0. The predicted octanol–water partition coefficient (Wildman–Crippen LogP) is 3.83. The van der Waals surface area contributed by atoms with Gasteiger partial charge in [-0.1, -0.05) is 19.8 Å². The number of fused-ring (bicyclic) bond motifs is 3. The minimum atomic E-state index is 0.111. The molecule has 1 aliphatic carbocycles. The summed E-state index contributed by atoms with van der Waals surface area (Å²) in [6.07, 6.45) is 8.81. The molecular formula is C17H28N2O. The molecule has 0 bridgehead atoms. The zero-order valence-electron chi connectivity index (χ0n) is 13.2. The van der Waals surface area contributed by atoms with E-state index in [0.29, 0.717) is 5.92 Å². The molecule has 1 unspecified atom stereocenters. The van der Waals surface area contributed by atoms with E-state index in [1.165, 1.54) is 49.1 Å². The van der Waals surface area contributed by atoms with Gasteiger partial charge in [0.05, 0.1) is 23.5 Å². The molecule has 20 heavy (non-hydrogen) atoms. The van der Waals surface area contributed by atoms with Gasteiger partial charge >= 0.3 is 0 Å². The third-order valence-electron chi connectivity index (χ3n) is 4.83. The fraction of sp³-hybridized carbons (Fsp3) is 0.824. The minimum Gasteiger partial charge on any atom is -0.375 e. The minimum absolute atomic E-state index is 0.111. The molecule has 1 aromatic heterocycles. The van der Waals surface area contributed by atoms with Crippen LogP contribution in [0, 0.1) is 5.92 Å². The zero-order valence-corrected chi connectivity index (χ0v) is 13.2. The van der Waals surface area contributed by atoms with E-state index in [9.17, 15) is 0 Å². The molecule has 1 aliphatic heterocycles. The van der Waals surface area contributed by atoms with Crippen molar-refractivity contribution < 1.29 is 4.74 Å². The molecule has 2 heterocycles. The van der Waals surface area contributed by atoms with E-state index < -0.39 is 0 Å². The van der Waals surface area contributed by atoms with E-state index >= 15 is 0 Å². The average Bonchev–Trinajstić information content (AvgIpc) is 2.65. The number of aromatic nitrogens is 2. The monoisotopic (exact) mass is 276 g/mol. The Morgan fingerprint density at radius 2 is 1.90 bits per heavy atom. The Hall–Kier alpha value is -0.830. The zero-order chi connectivity index (χ0) is 14.2. The summed E-state index contributed by atoms with van der Waals surface area (Å²) in [5.41, 5.74) is 4.33. The van der Waals surface area contributed by atoms with Crippen molar-refractivity contribution in [1.82, 2.24) is 9.78 Å². The van der Waals surface area contributed by atoms with Crippen LogP contribution in [0.25, 0.3) is 0 Å². The summed E-state index contributed by atoms with van der Waals surface area (Å²) in [6.45, 7) is 8.57. The topological polar surface area (TPSA) is 27.1 Å². The molecular weight excluding hydrogens is 248 g/mol. The van der Waals surface area contributed by atoms with Crippen LogP contribution in [-0.2, 0) is 29.7 Å². The van der Waals surface area contributed by atoms with Gasteiger partial charge in [0.25, 0.3) is 0 Å². The van der Waals surface area contributed by atoms with E-state index in [0.717, 1.165) is 26.1 Å². The summed E-state index contributed by atoms with van der Waals surface area (Å²) < 4.78 is 8.25. The third-order valence-corrected chi connectivity index (χ3v) is 4.83. The standard InChI is InChI=1S/C17H28N2O/c1-13-10-17(2,3)19-16(12-20-11-13)14-8-6-4-5-7-9-15(14)18-19/h13H,4-12H2,1-3H3. The Balaban J connectivity index is 2.03. The Labute approximate surface area is 122 Å². The number of rotatable bonds is 0. The van der Waals surface area contributed by atoms with Gasteiger partial charge in [-0.3, -0.25) is 4.68 Å².